The second kappa shape index (κ2) is 2.28. The minimum absolute atomic E-state index is 0.111. The second-order valence-corrected chi connectivity index (χ2v) is 5.85. The summed E-state index contributed by atoms with van der Waals surface area (Å²) in [5.41, 5.74) is 0. The SMILES string of the molecule is O=C1CC2CCC(C1F)S2(=O)=O. The Bertz CT molecular complexity index is 322. The van der Waals surface area contributed by atoms with Gasteiger partial charge in [-0.05, 0) is 12.8 Å². The van der Waals surface area contributed by atoms with Crippen molar-refractivity contribution in [3.05, 3.63) is 0 Å². The predicted octanol–water partition coefficient (Wildman–Crippen LogP) is 0.243. The largest absolute Gasteiger partial charge is 0.296 e. The van der Waals surface area contributed by atoms with E-state index in [0.29, 0.717) is 12.8 Å². The first-order valence-electron chi connectivity index (χ1n) is 3.93. The Morgan fingerprint density at radius 1 is 1.33 bits per heavy atom. The van der Waals surface area contributed by atoms with Gasteiger partial charge in [-0.2, -0.15) is 0 Å². The zero-order valence-electron chi connectivity index (χ0n) is 6.36. The lowest BCUT2D eigenvalue weighted by Gasteiger charge is -2.21. The number of sulfone groups is 1. The van der Waals surface area contributed by atoms with Crippen molar-refractivity contribution < 1.29 is 17.6 Å². The number of Topliss-reactive ketones (excluding diaryl/α,β-unsaturated/α-hetero) is 1. The van der Waals surface area contributed by atoms with E-state index in [1.165, 1.54) is 0 Å². The van der Waals surface area contributed by atoms with E-state index in [2.05, 4.69) is 0 Å². The molecule has 3 unspecified atom stereocenters. The highest BCUT2D eigenvalue weighted by atomic mass is 32.2. The maximum atomic E-state index is 13.0. The molecule has 2 aliphatic heterocycles. The van der Waals surface area contributed by atoms with E-state index in [1.807, 2.05) is 0 Å². The summed E-state index contributed by atoms with van der Waals surface area (Å²) in [6.07, 6.45) is -1.09. The van der Waals surface area contributed by atoms with Crippen molar-refractivity contribution >= 4 is 15.6 Å². The van der Waals surface area contributed by atoms with Crippen molar-refractivity contribution in [2.75, 3.05) is 0 Å². The number of hydrogen-bond donors (Lipinski definition) is 0. The van der Waals surface area contributed by atoms with Gasteiger partial charge in [0, 0.05) is 6.42 Å². The molecule has 0 amide bonds. The Morgan fingerprint density at radius 3 is 2.67 bits per heavy atom. The zero-order valence-corrected chi connectivity index (χ0v) is 7.18. The molecule has 0 aromatic carbocycles. The van der Waals surface area contributed by atoms with E-state index >= 15 is 0 Å². The van der Waals surface area contributed by atoms with E-state index < -0.39 is 32.3 Å². The van der Waals surface area contributed by atoms with Gasteiger partial charge in [0.05, 0.1) is 10.5 Å². The van der Waals surface area contributed by atoms with Gasteiger partial charge < -0.3 is 0 Å². The van der Waals surface area contributed by atoms with Gasteiger partial charge in [0.2, 0.25) is 0 Å². The maximum Gasteiger partial charge on any atom is 0.175 e. The summed E-state index contributed by atoms with van der Waals surface area (Å²) in [4.78, 5) is 10.9. The Kier molecular flexibility index (Phi) is 1.55. The fourth-order valence-electron chi connectivity index (χ4n) is 2.00. The Labute approximate surface area is 69.9 Å². The molecule has 3 atom stereocenters. The molecule has 2 saturated heterocycles. The van der Waals surface area contributed by atoms with Crippen molar-refractivity contribution in [2.24, 2.45) is 0 Å². The average Bonchev–Trinajstić information content (AvgIpc) is 2.14. The molecular formula is C7H9FO3S. The molecule has 68 valence electrons. The van der Waals surface area contributed by atoms with Gasteiger partial charge in [0.15, 0.2) is 21.8 Å². The molecule has 0 N–H and O–H groups in total. The fraction of sp³-hybridized carbons (Fsp3) is 0.857. The van der Waals surface area contributed by atoms with E-state index in [0.717, 1.165) is 0 Å². The molecule has 0 spiro atoms. The topological polar surface area (TPSA) is 51.2 Å². The lowest BCUT2D eigenvalue weighted by molar-refractivity contribution is -0.123. The number of fused-ring (bicyclic) bond motifs is 2. The third kappa shape index (κ3) is 0.856. The van der Waals surface area contributed by atoms with E-state index in [1.54, 1.807) is 0 Å². The van der Waals surface area contributed by atoms with Crippen LogP contribution in [0.5, 0.6) is 0 Å². The molecular weight excluding hydrogens is 183 g/mol. The maximum absolute atomic E-state index is 13.0. The smallest absolute Gasteiger partial charge is 0.175 e. The highest BCUT2D eigenvalue weighted by molar-refractivity contribution is 7.93. The van der Waals surface area contributed by atoms with Gasteiger partial charge in [-0.3, -0.25) is 4.79 Å². The summed E-state index contributed by atoms with van der Waals surface area (Å²) in [5.74, 6) is -0.530. The van der Waals surface area contributed by atoms with Crippen LogP contribution in [0, 0.1) is 0 Å². The molecule has 0 aliphatic carbocycles. The summed E-state index contributed by atoms with van der Waals surface area (Å²) in [5, 5.41) is -1.61. The number of ketones is 1. The van der Waals surface area contributed by atoms with Crippen LogP contribution in [0.3, 0.4) is 0 Å². The average molecular weight is 192 g/mol. The quantitative estimate of drug-likeness (QED) is 0.552. The number of carbonyl (C=O) groups is 1. The van der Waals surface area contributed by atoms with Crippen LogP contribution >= 0.6 is 0 Å². The van der Waals surface area contributed by atoms with Crippen molar-refractivity contribution in [3.63, 3.8) is 0 Å². The highest BCUT2D eigenvalue weighted by Gasteiger charge is 2.52. The monoisotopic (exact) mass is 192 g/mol. The molecule has 12 heavy (non-hydrogen) atoms. The lowest BCUT2D eigenvalue weighted by atomic mass is 10.1. The molecule has 2 bridgehead atoms. The Balaban J connectivity index is 2.45. The van der Waals surface area contributed by atoms with Crippen LogP contribution in [-0.2, 0) is 14.6 Å². The van der Waals surface area contributed by atoms with Crippen molar-refractivity contribution in [3.8, 4) is 0 Å². The molecule has 5 heteroatoms. The Morgan fingerprint density at radius 2 is 2.00 bits per heavy atom. The summed E-state index contributed by atoms with van der Waals surface area (Å²) in [6, 6.07) is 0. The summed E-state index contributed by atoms with van der Waals surface area (Å²) in [6.45, 7) is 0. The lowest BCUT2D eigenvalue weighted by Crippen LogP contribution is -2.42. The van der Waals surface area contributed by atoms with Crippen LogP contribution in [0.1, 0.15) is 19.3 Å². The normalized spacial score (nSPS) is 44.8. The van der Waals surface area contributed by atoms with Crippen molar-refractivity contribution in [1.82, 2.24) is 0 Å². The molecule has 0 saturated carbocycles. The number of carbonyl (C=O) groups excluding carboxylic acids is 1. The molecule has 3 nitrogen and oxygen atoms in total. The minimum Gasteiger partial charge on any atom is -0.296 e. The van der Waals surface area contributed by atoms with Gasteiger partial charge in [-0.1, -0.05) is 0 Å². The summed E-state index contributed by atoms with van der Waals surface area (Å²) < 4.78 is 35.7. The third-order valence-electron chi connectivity index (χ3n) is 2.72. The molecule has 0 aromatic heterocycles. The van der Waals surface area contributed by atoms with Gasteiger partial charge in [-0.25, -0.2) is 12.8 Å². The van der Waals surface area contributed by atoms with Crippen LogP contribution in [-0.4, -0.2) is 30.9 Å². The van der Waals surface area contributed by atoms with Gasteiger partial charge in [0.1, 0.15) is 0 Å². The van der Waals surface area contributed by atoms with E-state index in [4.69, 9.17) is 0 Å². The first-order chi connectivity index (χ1) is 5.53. The van der Waals surface area contributed by atoms with Crippen LogP contribution in [0.4, 0.5) is 4.39 Å². The van der Waals surface area contributed by atoms with Crippen molar-refractivity contribution in [1.29, 1.82) is 0 Å². The molecule has 2 heterocycles. The standard InChI is InChI=1S/C7H9FO3S/c8-7-5(9)3-4-1-2-6(7)12(4,10)11/h4,6-7H,1-3H2. The molecule has 0 aromatic rings. The molecule has 2 rings (SSSR count). The number of alkyl halides is 1. The zero-order chi connectivity index (χ0) is 8.93. The van der Waals surface area contributed by atoms with Crippen LogP contribution in [0.15, 0.2) is 0 Å². The summed E-state index contributed by atoms with van der Waals surface area (Å²) in [7, 11) is -3.31. The minimum atomic E-state index is -3.31. The first kappa shape index (κ1) is 8.16. The first-order valence-corrected chi connectivity index (χ1v) is 5.54. The molecule has 0 radical (unpaired) electrons. The molecule has 2 aliphatic rings. The number of halogens is 1. The van der Waals surface area contributed by atoms with Gasteiger partial charge in [-0.15, -0.1) is 0 Å². The van der Waals surface area contributed by atoms with Crippen LogP contribution in [0.25, 0.3) is 0 Å². The predicted molar refractivity (Wildman–Crippen MR) is 40.2 cm³/mol. The van der Waals surface area contributed by atoms with Gasteiger partial charge >= 0.3 is 0 Å². The molecule has 2 fully saturated rings. The summed E-state index contributed by atoms with van der Waals surface area (Å²) >= 11 is 0. The van der Waals surface area contributed by atoms with Crippen molar-refractivity contribution in [2.45, 2.75) is 35.9 Å². The number of rotatable bonds is 0. The fourth-order valence-corrected chi connectivity index (χ4v) is 4.31. The van der Waals surface area contributed by atoms with E-state index in [-0.39, 0.29) is 6.42 Å². The second-order valence-electron chi connectivity index (χ2n) is 3.40. The van der Waals surface area contributed by atoms with Crippen LogP contribution < -0.4 is 0 Å². The Hall–Kier alpha value is -0.450. The van der Waals surface area contributed by atoms with E-state index in [9.17, 15) is 17.6 Å². The number of hydrogen-bond acceptors (Lipinski definition) is 3. The third-order valence-corrected chi connectivity index (χ3v) is 5.37. The van der Waals surface area contributed by atoms with Crippen LogP contribution in [0.2, 0.25) is 0 Å². The highest BCUT2D eigenvalue weighted by Crippen LogP contribution is 2.37. The van der Waals surface area contributed by atoms with Gasteiger partial charge in [0.25, 0.3) is 0 Å².